The normalized spacial score (nSPS) is 20.2. The zero-order valence-corrected chi connectivity index (χ0v) is 12.0. The molecule has 0 aliphatic carbocycles. The summed E-state index contributed by atoms with van der Waals surface area (Å²) in [6.07, 6.45) is 0.263. The number of aliphatic carboxylic acids is 1. The number of hydrogen-bond acceptors (Lipinski definition) is 3. The standard InChI is InChI=1S/C12H13ClFNO4S/c13-10-2-1-3-11(14)9(10)7-20(18,19)15-5-4-8(6-15)12(16)17/h1-3,8H,4-7H2,(H,16,17). The summed E-state index contributed by atoms with van der Waals surface area (Å²) in [6.45, 7) is 0.0507. The second-order valence-corrected chi connectivity index (χ2v) is 7.01. The van der Waals surface area contributed by atoms with Crippen molar-refractivity contribution in [3.63, 3.8) is 0 Å². The van der Waals surface area contributed by atoms with Crippen molar-refractivity contribution in [2.24, 2.45) is 5.92 Å². The first kappa shape index (κ1) is 15.2. The number of carbonyl (C=O) groups is 1. The molecular weight excluding hydrogens is 309 g/mol. The molecule has 0 radical (unpaired) electrons. The minimum Gasteiger partial charge on any atom is -0.481 e. The number of carboxylic acid groups (broad SMARTS) is 1. The Hall–Kier alpha value is -1.18. The molecule has 1 N–H and O–H groups in total. The molecule has 1 aromatic rings. The van der Waals surface area contributed by atoms with E-state index in [4.69, 9.17) is 16.7 Å². The Balaban J connectivity index is 2.19. The van der Waals surface area contributed by atoms with Crippen molar-refractivity contribution in [3.05, 3.63) is 34.6 Å². The molecule has 5 nitrogen and oxygen atoms in total. The minimum atomic E-state index is -3.78. The van der Waals surface area contributed by atoms with Crippen molar-refractivity contribution in [1.29, 1.82) is 0 Å². The van der Waals surface area contributed by atoms with E-state index in [1.54, 1.807) is 0 Å². The van der Waals surface area contributed by atoms with Gasteiger partial charge < -0.3 is 5.11 Å². The molecule has 0 spiro atoms. The Morgan fingerprint density at radius 2 is 2.20 bits per heavy atom. The lowest BCUT2D eigenvalue weighted by Crippen LogP contribution is -2.31. The highest BCUT2D eigenvalue weighted by Crippen LogP contribution is 2.26. The number of carboxylic acids is 1. The summed E-state index contributed by atoms with van der Waals surface area (Å²) in [7, 11) is -3.78. The molecular formula is C12H13ClFNO4S. The SMILES string of the molecule is O=C(O)C1CCN(S(=O)(=O)Cc2c(F)cccc2Cl)C1. The van der Waals surface area contributed by atoms with E-state index in [0.717, 1.165) is 10.4 Å². The number of benzene rings is 1. The van der Waals surface area contributed by atoms with Gasteiger partial charge in [-0.3, -0.25) is 4.79 Å². The highest BCUT2D eigenvalue weighted by Gasteiger charge is 2.35. The van der Waals surface area contributed by atoms with Crippen LogP contribution in [0.25, 0.3) is 0 Å². The monoisotopic (exact) mass is 321 g/mol. The van der Waals surface area contributed by atoms with Crippen molar-refractivity contribution in [2.45, 2.75) is 12.2 Å². The van der Waals surface area contributed by atoms with Crippen molar-refractivity contribution in [1.82, 2.24) is 4.31 Å². The van der Waals surface area contributed by atoms with Crippen LogP contribution < -0.4 is 0 Å². The van der Waals surface area contributed by atoms with Crippen LogP contribution in [-0.4, -0.2) is 36.9 Å². The van der Waals surface area contributed by atoms with Crippen LogP contribution in [0.2, 0.25) is 5.02 Å². The third-order valence-corrected chi connectivity index (χ3v) is 5.41. The summed E-state index contributed by atoms with van der Waals surface area (Å²) < 4.78 is 39.1. The Morgan fingerprint density at radius 1 is 1.50 bits per heavy atom. The third kappa shape index (κ3) is 3.11. The molecule has 0 bridgehead atoms. The van der Waals surface area contributed by atoms with Crippen molar-refractivity contribution in [3.8, 4) is 0 Å². The predicted octanol–water partition coefficient (Wildman–Crippen LogP) is 1.72. The lowest BCUT2D eigenvalue weighted by molar-refractivity contribution is -0.141. The molecule has 0 saturated carbocycles. The number of halogens is 2. The van der Waals surface area contributed by atoms with E-state index >= 15 is 0 Å². The molecule has 110 valence electrons. The number of rotatable bonds is 4. The van der Waals surface area contributed by atoms with Gasteiger partial charge in [-0.2, -0.15) is 0 Å². The van der Waals surface area contributed by atoms with E-state index in [1.807, 2.05) is 0 Å². The molecule has 8 heteroatoms. The van der Waals surface area contributed by atoms with Gasteiger partial charge >= 0.3 is 5.97 Å². The van der Waals surface area contributed by atoms with Crippen LogP contribution in [-0.2, 0) is 20.6 Å². The molecule has 1 fully saturated rings. The smallest absolute Gasteiger partial charge is 0.307 e. The van der Waals surface area contributed by atoms with Crippen LogP contribution in [0, 0.1) is 11.7 Å². The zero-order valence-electron chi connectivity index (χ0n) is 10.4. The summed E-state index contributed by atoms with van der Waals surface area (Å²) in [4.78, 5) is 10.8. The van der Waals surface area contributed by atoms with Crippen LogP contribution in [0.4, 0.5) is 4.39 Å². The molecule has 1 aliphatic rings. The first-order valence-electron chi connectivity index (χ1n) is 5.95. The predicted molar refractivity (Wildman–Crippen MR) is 71.3 cm³/mol. The van der Waals surface area contributed by atoms with Crippen molar-refractivity contribution >= 4 is 27.6 Å². The number of nitrogens with zero attached hydrogens (tertiary/aromatic N) is 1. The highest BCUT2D eigenvalue weighted by molar-refractivity contribution is 7.88. The Morgan fingerprint density at radius 3 is 2.75 bits per heavy atom. The van der Waals surface area contributed by atoms with Gasteiger partial charge in [-0.05, 0) is 18.6 Å². The van der Waals surface area contributed by atoms with E-state index in [1.165, 1.54) is 12.1 Å². The maximum atomic E-state index is 13.6. The zero-order chi connectivity index (χ0) is 14.9. The molecule has 1 aromatic carbocycles. The molecule has 0 amide bonds. The summed E-state index contributed by atoms with van der Waals surface area (Å²) in [6, 6.07) is 3.95. The van der Waals surface area contributed by atoms with Gasteiger partial charge in [0.1, 0.15) is 5.82 Å². The fourth-order valence-corrected chi connectivity index (χ4v) is 4.07. The van der Waals surface area contributed by atoms with Gasteiger partial charge in [0.25, 0.3) is 0 Å². The Bertz CT molecular complexity index is 614. The summed E-state index contributed by atoms with van der Waals surface area (Å²) >= 11 is 5.80. The highest BCUT2D eigenvalue weighted by atomic mass is 35.5. The Kier molecular flexibility index (Phi) is 4.31. The molecule has 1 atom stereocenters. The molecule has 20 heavy (non-hydrogen) atoms. The van der Waals surface area contributed by atoms with Crippen LogP contribution in [0.5, 0.6) is 0 Å². The van der Waals surface area contributed by atoms with Crippen LogP contribution in [0.3, 0.4) is 0 Å². The topological polar surface area (TPSA) is 74.7 Å². The van der Waals surface area contributed by atoms with Gasteiger partial charge in [0.2, 0.25) is 10.0 Å². The maximum absolute atomic E-state index is 13.6. The average Bonchev–Trinajstić information content (AvgIpc) is 2.84. The molecule has 1 aliphatic heterocycles. The summed E-state index contributed by atoms with van der Waals surface area (Å²) in [5, 5.41) is 8.92. The molecule has 0 aromatic heterocycles. The van der Waals surface area contributed by atoms with Crippen LogP contribution in [0.1, 0.15) is 12.0 Å². The second-order valence-electron chi connectivity index (χ2n) is 4.64. The quantitative estimate of drug-likeness (QED) is 0.916. The molecule has 1 heterocycles. The average molecular weight is 322 g/mol. The van der Waals surface area contributed by atoms with Gasteiger partial charge in [-0.25, -0.2) is 17.1 Å². The first-order chi connectivity index (χ1) is 9.31. The third-order valence-electron chi connectivity index (χ3n) is 3.28. The van der Waals surface area contributed by atoms with Gasteiger partial charge in [0, 0.05) is 23.7 Å². The molecule has 2 rings (SSSR count). The Labute approximate surface area is 121 Å². The lowest BCUT2D eigenvalue weighted by Gasteiger charge is -2.16. The van der Waals surface area contributed by atoms with E-state index in [2.05, 4.69) is 0 Å². The van der Waals surface area contributed by atoms with E-state index in [-0.39, 0.29) is 30.1 Å². The summed E-state index contributed by atoms with van der Waals surface area (Å²) in [5.74, 6) is -2.98. The number of sulfonamides is 1. The van der Waals surface area contributed by atoms with E-state index < -0.39 is 33.5 Å². The van der Waals surface area contributed by atoms with Gasteiger partial charge in [0.05, 0.1) is 11.7 Å². The largest absolute Gasteiger partial charge is 0.481 e. The van der Waals surface area contributed by atoms with Crippen molar-refractivity contribution in [2.75, 3.05) is 13.1 Å². The second kappa shape index (κ2) is 5.67. The van der Waals surface area contributed by atoms with Gasteiger partial charge in [-0.1, -0.05) is 17.7 Å². The fraction of sp³-hybridized carbons (Fsp3) is 0.417. The van der Waals surface area contributed by atoms with Gasteiger partial charge in [-0.15, -0.1) is 0 Å². The molecule has 1 unspecified atom stereocenters. The van der Waals surface area contributed by atoms with Crippen molar-refractivity contribution < 1.29 is 22.7 Å². The van der Waals surface area contributed by atoms with E-state index in [0.29, 0.717) is 0 Å². The maximum Gasteiger partial charge on any atom is 0.307 e. The molecule has 1 saturated heterocycles. The van der Waals surface area contributed by atoms with E-state index in [9.17, 15) is 17.6 Å². The van der Waals surface area contributed by atoms with Crippen LogP contribution >= 0.6 is 11.6 Å². The van der Waals surface area contributed by atoms with Crippen LogP contribution in [0.15, 0.2) is 18.2 Å². The minimum absolute atomic E-state index is 0.0440. The summed E-state index contributed by atoms with van der Waals surface area (Å²) in [5.41, 5.74) is -0.0899. The lowest BCUT2D eigenvalue weighted by atomic mass is 10.1. The van der Waals surface area contributed by atoms with Gasteiger partial charge in [0.15, 0.2) is 0 Å². The number of hydrogen-bond donors (Lipinski definition) is 1. The first-order valence-corrected chi connectivity index (χ1v) is 7.93. The fourth-order valence-electron chi connectivity index (χ4n) is 2.13.